The molecule has 6 heteroatoms. The normalized spacial score (nSPS) is 13.0. The Morgan fingerprint density at radius 3 is 2.45 bits per heavy atom. The van der Waals surface area contributed by atoms with Gasteiger partial charge in [0.25, 0.3) is 0 Å². The summed E-state index contributed by atoms with van der Waals surface area (Å²) in [5, 5.41) is 3.19. The maximum absolute atomic E-state index is 11.5. The van der Waals surface area contributed by atoms with Gasteiger partial charge in [0.05, 0.1) is 19.5 Å². The number of nitrogens with one attached hydrogen (secondary N) is 1. The first kappa shape index (κ1) is 16.8. The molecular weight excluding hydrogens is 278 g/mol. The second-order valence-corrected chi connectivity index (χ2v) is 6.73. The maximum Gasteiger partial charge on any atom is 0.161 e. The summed E-state index contributed by atoms with van der Waals surface area (Å²) in [6.07, 6.45) is 1.24. The van der Waals surface area contributed by atoms with Gasteiger partial charge in [-0.3, -0.25) is 0 Å². The Labute approximate surface area is 121 Å². The summed E-state index contributed by atoms with van der Waals surface area (Å²) in [5.41, 5.74) is 0.876. The SMILES string of the molecule is CCNC(CS(C)(=O)=O)c1ccc(OC)c(OCC)c1. The van der Waals surface area contributed by atoms with Crippen LogP contribution in [0.2, 0.25) is 0 Å². The van der Waals surface area contributed by atoms with Gasteiger partial charge in [-0.25, -0.2) is 8.42 Å². The topological polar surface area (TPSA) is 64.6 Å². The van der Waals surface area contributed by atoms with Crippen LogP contribution in [0.5, 0.6) is 11.5 Å². The zero-order valence-electron chi connectivity index (χ0n) is 12.5. The van der Waals surface area contributed by atoms with Gasteiger partial charge in [0.1, 0.15) is 9.84 Å². The lowest BCUT2D eigenvalue weighted by Gasteiger charge is -2.19. The van der Waals surface area contributed by atoms with Crippen LogP contribution < -0.4 is 14.8 Å². The predicted octanol–water partition coefficient (Wildman–Crippen LogP) is 1.79. The Kier molecular flexibility index (Phi) is 6.29. The van der Waals surface area contributed by atoms with Gasteiger partial charge in [-0.1, -0.05) is 13.0 Å². The standard InChI is InChI=1S/C14H23NO4S/c1-5-15-12(10-20(4,16)17)11-7-8-13(18-3)14(9-11)19-6-2/h7-9,12,15H,5-6,10H2,1-4H3. The average molecular weight is 301 g/mol. The van der Waals surface area contributed by atoms with Crippen molar-refractivity contribution >= 4 is 9.84 Å². The first-order valence-electron chi connectivity index (χ1n) is 6.63. The van der Waals surface area contributed by atoms with Crippen LogP contribution in [0.25, 0.3) is 0 Å². The minimum atomic E-state index is -3.07. The van der Waals surface area contributed by atoms with E-state index in [1.54, 1.807) is 13.2 Å². The van der Waals surface area contributed by atoms with Crippen molar-refractivity contribution in [3.8, 4) is 11.5 Å². The van der Waals surface area contributed by atoms with Gasteiger partial charge in [-0.05, 0) is 31.2 Å². The largest absolute Gasteiger partial charge is 0.493 e. The molecule has 0 saturated carbocycles. The van der Waals surface area contributed by atoms with Crippen molar-refractivity contribution in [3.05, 3.63) is 23.8 Å². The summed E-state index contributed by atoms with van der Waals surface area (Å²) in [4.78, 5) is 0. The smallest absolute Gasteiger partial charge is 0.161 e. The average Bonchev–Trinajstić information content (AvgIpc) is 2.37. The molecule has 1 unspecified atom stereocenters. The Morgan fingerprint density at radius 2 is 1.95 bits per heavy atom. The van der Waals surface area contributed by atoms with E-state index in [0.717, 1.165) is 5.56 Å². The van der Waals surface area contributed by atoms with Crippen molar-refractivity contribution in [2.75, 3.05) is 32.3 Å². The number of rotatable bonds is 8. The second kappa shape index (κ2) is 7.50. The highest BCUT2D eigenvalue weighted by Gasteiger charge is 2.18. The van der Waals surface area contributed by atoms with Crippen LogP contribution in [0.1, 0.15) is 25.5 Å². The predicted molar refractivity (Wildman–Crippen MR) is 80.3 cm³/mol. The lowest BCUT2D eigenvalue weighted by molar-refractivity contribution is 0.310. The van der Waals surface area contributed by atoms with Crippen molar-refractivity contribution in [3.63, 3.8) is 0 Å². The molecule has 1 atom stereocenters. The highest BCUT2D eigenvalue weighted by molar-refractivity contribution is 7.90. The summed E-state index contributed by atoms with van der Waals surface area (Å²) in [5.74, 6) is 1.33. The molecule has 1 rings (SSSR count). The van der Waals surface area contributed by atoms with Crippen LogP contribution >= 0.6 is 0 Å². The quantitative estimate of drug-likeness (QED) is 0.793. The van der Waals surface area contributed by atoms with Gasteiger partial charge < -0.3 is 14.8 Å². The number of hydrogen-bond acceptors (Lipinski definition) is 5. The van der Waals surface area contributed by atoms with Gasteiger partial charge in [0.2, 0.25) is 0 Å². The van der Waals surface area contributed by atoms with Crippen molar-refractivity contribution < 1.29 is 17.9 Å². The molecule has 0 fully saturated rings. The molecule has 0 aromatic heterocycles. The fourth-order valence-corrected chi connectivity index (χ4v) is 2.92. The molecule has 0 amide bonds. The van der Waals surface area contributed by atoms with Crippen LogP contribution in [0, 0.1) is 0 Å². The zero-order chi connectivity index (χ0) is 15.2. The van der Waals surface area contributed by atoms with E-state index in [0.29, 0.717) is 24.7 Å². The summed E-state index contributed by atoms with van der Waals surface area (Å²) < 4.78 is 33.8. The summed E-state index contributed by atoms with van der Waals surface area (Å²) in [6, 6.07) is 5.24. The number of ether oxygens (including phenoxy) is 2. The molecule has 0 aliphatic carbocycles. The van der Waals surface area contributed by atoms with Crippen LogP contribution in [0.3, 0.4) is 0 Å². The summed E-state index contributed by atoms with van der Waals surface area (Å²) >= 11 is 0. The van der Waals surface area contributed by atoms with Gasteiger partial charge in [-0.2, -0.15) is 0 Å². The fraction of sp³-hybridized carbons (Fsp3) is 0.571. The van der Waals surface area contributed by atoms with Gasteiger partial charge >= 0.3 is 0 Å². The van der Waals surface area contributed by atoms with Gasteiger partial charge in [0.15, 0.2) is 11.5 Å². The van der Waals surface area contributed by atoms with Crippen molar-refractivity contribution in [2.45, 2.75) is 19.9 Å². The molecule has 1 aromatic carbocycles. The fourth-order valence-electron chi connectivity index (χ4n) is 2.00. The highest BCUT2D eigenvalue weighted by Crippen LogP contribution is 2.30. The molecule has 0 radical (unpaired) electrons. The van der Waals surface area contributed by atoms with Crippen LogP contribution in [-0.2, 0) is 9.84 Å². The molecule has 114 valence electrons. The van der Waals surface area contributed by atoms with E-state index in [-0.39, 0.29) is 11.8 Å². The third kappa shape index (κ3) is 5.02. The molecule has 20 heavy (non-hydrogen) atoms. The van der Waals surface area contributed by atoms with Crippen molar-refractivity contribution in [2.24, 2.45) is 0 Å². The maximum atomic E-state index is 11.5. The van der Waals surface area contributed by atoms with E-state index in [9.17, 15) is 8.42 Å². The molecule has 0 heterocycles. The van der Waals surface area contributed by atoms with E-state index in [2.05, 4.69) is 5.32 Å². The molecule has 1 N–H and O–H groups in total. The van der Waals surface area contributed by atoms with E-state index in [1.165, 1.54) is 6.26 Å². The Balaban J connectivity index is 3.10. The van der Waals surface area contributed by atoms with Crippen LogP contribution in [0.15, 0.2) is 18.2 Å². The summed E-state index contributed by atoms with van der Waals surface area (Å²) in [7, 11) is -1.49. The molecule has 5 nitrogen and oxygen atoms in total. The van der Waals surface area contributed by atoms with Crippen LogP contribution in [-0.4, -0.2) is 40.7 Å². The molecular formula is C14H23NO4S. The lowest BCUT2D eigenvalue weighted by Crippen LogP contribution is -2.27. The molecule has 0 spiro atoms. The number of hydrogen-bond donors (Lipinski definition) is 1. The highest BCUT2D eigenvalue weighted by atomic mass is 32.2. The van der Waals surface area contributed by atoms with E-state index < -0.39 is 9.84 Å². The molecule has 0 saturated heterocycles. The minimum Gasteiger partial charge on any atom is -0.493 e. The molecule has 1 aromatic rings. The van der Waals surface area contributed by atoms with Gasteiger partial charge in [-0.15, -0.1) is 0 Å². The third-order valence-corrected chi connectivity index (χ3v) is 3.75. The first-order chi connectivity index (χ1) is 9.41. The van der Waals surface area contributed by atoms with Crippen molar-refractivity contribution in [1.82, 2.24) is 5.32 Å². The number of sulfone groups is 1. The number of benzene rings is 1. The van der Waals surface area contributed by atoms with Gasteiger partial charge in [0, 0.05) is 12.3 Å². The monoisotopic (exact) mass is 301 g/mol. The number of methoxy groups -OCH3 is 1. The van der Waals surface area contributed by atoms with E-state index in [4.69, 9.17) is 9.47 Å². The Bertz CT molecular complexity index is 528. The third-order valence-electron chi connectivity index (χ3n) is 2.81. The molecule has 0 aliphatic heterocycles. The Morgan fingerprint density at radius 1 is 1.25 bits per heavy atom. The summed E-state index contributed by atoms with van der Waals surface area (Å²) in [6.45, 7) is 5.06. The second-order valence-electron chi connectivity index (χ2n) is 4.55. The first-order valence-corrected chi connectivity index (χ1v) is 8.69. The Hall–Kier alpha value is -1.27. The lowest BCUT2D eigenvalue weighted by atomic mass is 10.1. The van der Waals surface area contributed by atoms with Crippen molar-refractivity contribution in [1.29, 1.82) is 0 Å². The molecule has 0 bridgehead atoms. The van der Waals surface area contributed by atoms with E-state index in [1.807, 2.05) is 26.0 Å². The zero-order valence-corrected chi connectivity index (χ0v) is 13.3. The molecule has 0 aliphatic rings. The van der Waals surface area contributed by atoms with E-state index >= 15 is 0 Å². The minimum absolute atomic E-state index is 0.0543. The van der Waals surface area contributed by atoms with Crippen LogP contribution in [0.4, 0.5) is 0 Å².